The van der Waals surface area contributed by atoms with Gasteiger partial charge in [-0.25, -0.2) is 4.39 Å². The Bertz CT molecular complexity index is 310. The predicted octanol–water partition coefficient (Wildman–Crippen LogP) is 3.42. The highest BCUT2D eigenvalue weighted by Crippen LogP contribution is 2.18. The maximum absolute atomic E-state index is 12.7. The van der Waals surface area contributed by atoms with Crippen molar-refractivity contribution >= 4 is 28.3 Å². The van der Waals surface area contributed by atoms with Crippen molar-refractivity contribution in [1.29, 1.82) is 0 Å². The summed E-state index contributed by atoms with van der Waals surface area (Å²) >= 11 is 2.11. The first-order valence-corrected chi connectivity index (χ1v) is 5.12. The second kappa shape index (κ2) is 5.21. The van der Waals surface area contributed by atoms with Crippen molar-refractivity contribution < 1.29 is 4.39 Å². The third-order valence-electron chi connectivity index (χ3n) is 1.58. The SMILES string of the molecule is C/C=C/CNc1ccc(F)cc1I. The largest absolute Gasteiger partial charge is 0.381 e. The fourth-order valence-electron chi connectivity index (χ4n) is 0.920. The number of benzene rings is 1. The van der Waals surface area contributed by atoms with Crippen molar-refractivity contribution in [2.24, 2.45) is 0 Å². The quantitative estimate of drug-likeness (QED) is 0.664. The van der Waals surface area contributed by atoms with Gasteiger partial charge in [0.2, 0.25) is 0 Å². The van der Waals surface area contributed by atoms with Gasteiger partial charge in [-0.1, -0.05) is 12.2 Å². The smallest absolute Gasteiger partial charge is 0.124 e. The summed E-state index contributed by atoms with van der Waals surface area (Å²) in [6.45, 7) is 2.75. The Labute approximate surface area is 91.2 Å². The van der Waals surface area contributed by atoms with Crippen molar-refractivity contribution in [3.8, 4) is 0 Å². The van der Waals surface area contributed by atoms with Crippen LogP contribution in [0.1, 0.15) is 6.92 Å². The van der Waals surface area contributed by atoms with E-state index in [-0.39, 0.29) is 5.82 Å². The molecule has 0 radical (unpaired) electrons. The molecule has 0 spiro atoms. The van der Waals surface area contributed by atoms with E-state index < -0.39 is 0 Å². The topological polar surface area (TPSA) is 12.0 Å². The molecule has 0 heterocycles. The van der Waals surface area contributed by atoms with Gasteiger partial charge < -0.3 is 5.32 Å². The average molecular weight is 291 g/mol. The molecule has 0 fully saturated rings. The molecule has 0 atom stereocenters. The lowest BCUT2D eigenvalue weighted by atomic mass is 10.3. The molecule has 0 saturated carbocycles. The van der Waals surface area contributed by atoms with E-state index >= 15 is 0 Å². The van der Waals surface area contributed by atoms with Gasteiger partial charge in [-0.2, -0.15) is 0 Å². The maximum atomic E-state index is 12.7. The van der Waals surface area contributed by atoms with Gasteiger partial charge in [0.25, 0.3) is 0 Å². The van der Waals surface area contributed by atoms with Crippen LogP contribution in [0.5, 0.6) is 0 Å². The van der Waals surface area contributed by atoms with Crippen LogP contribution in [0.2, 0.25) is 0 Å². The molecule has 1 nitrogen and oxygen atoms in total. The number of hydrogen-bond donors (Lipinski definition) is 1. The summed E-state index contributed by atoms with van der Waals surface area (Å²) in [4.78, 5) is 0. The Morgan fingerprint density at radius 3 is 2.92 bits per heavy atom. The van der Waals surface area contributed by atoms with Crippen LogP contribution in [0.15, 0.2) is 30.4 Å². The van der Waals surface area contributed by atoms with E-state index in [9.17, 15) is 4.39 Å². The Balaban J connectivity index is 2.66. The minimum Gasteiger partial charge on any atom is -0.381 e. The van der Waals surface area contributed by atoms with Crippen molar-refractivity contribution in [1.82, 2.24) is 0 Å². The minimum atomic E-state index is -0.194. The molecule has 0 amide bonds. The summed E-state index contributed by atoms with van der Waals surface area (Å²) in [6, 6.07) is 4.72. The Morgan fingerprint density at radius 1 is 1.54 bits per heavy atom. The van der Waals surface area contributed by atoms with E-state index in [1.807, 2.05) is 19.1 Å². The highest BCUT2D eigenvalue weighted by Gasteiger charge is 1.98. The van der Waals surface area contributed by atoms with Crippen molar-refractivity contribution in [2.75, 3.05) is 11.9 Å². The third-order valence-corrected chi connectivity index (χ3v) is 2.47. The van der Waals surface area contributed by atoms with E-state index in [0.717, 1.165) is 15.8 Å². The summed E-state index contributed by atoms with van der Waals surface area (Å²) in [5, 5.41) is 3.18. The van der Waals surface area contributed by atoms with Crippen LogP contribution in [-0.2, 0) is 0 Å². The first-order valence-electron chi connectivity index (χ1n) is 4.04. The van der Waals surface area contributed by atoms with Gasteiger partial charge in [-0.3, -0.25) is 0 Å². The molecule has 70 valence electrons. The number of rotatable bonds is 3. The van der Waals surface area contributed by atoms with Crippen LogP contribution in [0.3, 0.4) is 0 Å². The van der Waals surface area contributed by atoms with Crippen LogP contribution in [0.4, 0.5) is 10.1 Å². The maximum Gasteiger partial charge on any atom is 0.124 e. The Kier molecular flexibility index (Phi) is 4.21. The molecule has 0 unspecified atom stereocenters. The fourth-order valence-corrected chi connectivity index (χ4v) is 1.59. The molecule has 1 aromatic carbocycles. The predicted molar refractivity (Wildman–Crippen MR) is 62.4 cm³/mol. The molecule has 1 rings (SSSR count). The standard InChI is InChI=1S/C10H11FIN/c1-2-3-6-13-10-5-4-8(11)7-9(10)12/h2-5,7,13H,6H2,1H3/b3-2+. The average Bonchev–Trinajstić information content (AvgIpc) is 2.09. The summed E-state index contributed by atoms with van der Waals surface area (Å²) in [5.74, 6) is -0.194. The summed E-state index contributed by atoms with van der Waals surface area (Å²) in [7, 11) is 0. The van der Waals surface area contributed by atoms with E-state index in [0.29, 0.717) is 0 Å². The van der Waals surface area contributed by atoms with Gasteiger partial charge >= 0.3 is 0 Å². The van der Waals surface area contributed by atoms with E-state index in [2.05, 4.69) is 27.9 Å². The van der Waals surface area contributed by atoms with Crippen LogP contribution in [0.25, 0.3) is 0 Å². The van der Waals surface area contributed by atoms with Crippen molar-refractivity contribution in [2.45, 2.75) is 6.92 Å². The molecule has 0 aliphatic heterocycles. The fraction of sp³-hybridized carbons (Fsp3) is 0.200. The molecule has 3 heteroatoms. The first-order chi connectivity index (χ1) is 6.24. The Hall–Kier alpha value is -0.580. The highest BCUT2D eigenvalue weighted by atomic mass is 127. The van der Waals surface area contributed by atoms with Gasteiger partial charge in [0, 0.05) is 15.8 Å². The summed E-state index contributed by atoms with van der Waals surface area (Å²) in [5.41, 5.74) is 0.972. The summed E-state index contributed by atoms with van der Waals surface area (Å²) < 4.78 is 13.6. The van der Waals surface area contributed by atoms with Gasteiger partial charge in [-0.05, 0) is 47.7 Å². The molecular weight excluding hydrogens is 280 g/mol. The number of allylic oxidation sites excluding steroid dienone is 1. The Morgan fingerprint density at radius 2 is 2.31 bits per heavy atom. The van der Waals surface area contributed by atoms with Crippen LogP contribution in [0, 0.1) is 9.39 Å². The third kappa shape index (κ3) is 3.34. The molecule has 1 aromatic rings. The molecule has 0 saturated heterocycles. The molecular formula is C10H11FIN. The second-order valence-corrected chi connectivity index (χ2v) is 3.74. The zero-order chi connectivity index (χ0) is 9.68. The van der Waals surface area contributed by atoms with Crippen molar-refractivity contribution in [3.05, 3.63) is 39.7 Å². The van der Waals surface area contributed by atoms with E-state index in [4.69, 9.17) is 0 Å². The molecule has 0 aromatic heterocycles. The van der Waals surface area contributed by atoms with Crippen LogP contribution >= 0.6 is 22.6 Å². The van der Waals surface area contributed by atoms with E-state index in [1.165, 1.54) is 12.1 Å². The van der Waals surface area contributed by atoms with Gasteiger partial charge in [0.05, 0.1) is 0 Å². The molecule has 0 aliphatic carbocycles. The van der Waals surface area contributed by atoms with Gasteiger partial charge in [-0.15, -0.1) is 0 Å². The first kappa shape index (κ1) is 10.5. The molecule has 0 aliphatic rings. The zero-order valence-corrected chi connectivity index (χ0v) is 9.51. The zero-order valence-electron chi connectivity index (χ0n) is 7.35. The highest BCUT2D eigenvalue weighted by molar-refractivity contribution is 14.1. The lowest BCUT2D eigenvalue weighted by molar-refractivity contribution is 0.627. The summed E-state index contributed by atoms with van der Waals surface area (Å²) in [6.07, 6.45) is 3.99. The molecule has 1 N–H and O–H groups in total. The van der Waals surface area contributed by atoms with Crippen molar-refractivity contribution in [3.63, 3.8) is 0 Å². The number of anilines is 1. The lowest BCUT2D eigenvalue weighted by Gasteiger charge is -2.05. The molecule has 0 bridgehead atoms. The monoisotopic (exact) mass is 291 g/mol. The number of halogens is 2. The van der Waals surface area contributed by atoms with E-state index in [1.54, 1.807) is 6.07 Å². The molecule has 13 heavy (non-hydrogen) atoms. The van der Waals surface area contributed by atoms with Gasteiger partial charge in [0.15, 0.2) is 0 Å². The second-order valence-electron chi connectivity index (χ2n) is 2.57. The normalized spacial score (nSPS) is 10.7. The number of nitrogens with one attached hydrogen (secondary N) is 1. The lowest BCUT2D eigenvalue weighted by Crippen LogP contribution is -1.99. The number of hydrogen-bond acceptors (Lipinski definition) is 1. The van der Waals surface area contributed by atoms with Crippen LogP contribution in [-0.4, -0.2) is 6.54 Å². The van der Waals surface area contributed by atoms with Crippen LogP contribution < -0.4 is 5.32 Å². The van der Waals surface area contributed by atoms with Gasteiger partial charge in [0.1, 0.15) is 5.82 Å². The minimum absolute atomic E-state index is 0.194.